The predicted octanol–water partition coefficient (Wildman–Crippen LogP) is 2.59. The molecule has 1 amide bonds. The lowest BCUT2D eigenvalue weighted by Gasteiger charge is -2.33. The van der Waals surface area contributed by atoms with Crippen LogP contribution in [-0.4, -0.2) is 56.8 Å². The third-order valence-electron chi connectivity index (χ3n) is 4.60. The van der Waals surface area contributed by atoms with E-state index in [1.54, 1.807) is 24.2 Å². The van der Waals surface area contributed by atoms with E-state index in [-0.39, 0.29) is 19.0 Å². The van der Waals surface area contributed by atoms with Gasteiger partial charge in [0.2, 0.25) is 10.0 Å². The van der Waals surface area contributed by atoms with Crippen molar-refractivity contribution in [1.82, 2.24) is 9.21 Å². The second-order valence-corrected chi connectivity index (χ2v) is 8.40. The Morgan fingerprint density at radius 3 is 2.43 bits per heavy atom. The summed E-state index contributed by atoms with van der Waals surface area (Å²) < 4.78 is 31.6. The summed E-state index contributed by atoms with van der Waals surface area (Å²) in [6.45, 7) is 1.74. The minimum absolute atomic E-state index is 0.0881. The van der Waals surface area contributed by atoms with Crippen LogP contribution in [0.1, 0.15) is 21.5 Å². The number of rotatable bonds is 6. The largest absolute Gasteiger partial charge is 0.380 e. The molecule has 1 saturated heterocycles. The normalized spacial score (nSPS) is 15.8. The van der Waals surface area contributed by atoms with Crippen LogP contribution >= 0.6 is 0 Å². The summed E-state index contributed by atoms with van der Waals surface area (Å²) in [6.07, 6.45) is 1.59. The Morgan fingerprint density at radius 1 is 1.04 bits per heavy atom. The van der Waals surface area contributed by atoms with Crippen molar-refractivity contribution in [3.63, 3.8) is 0 Å². The van der Waals surface area contributed by atoms with Crippen LogP contribution in [0.5, 0.6) is 0 Å². The van der Waals surface area contributed by atoms with E-state index in [9.17, 15) is 13.2 Å². The van der Waals surface area contributed by atoms with Gasteiger partial charge in [0.1, 0.15) is 0 Å². The molecule has 1 aliphatic heterocycles. The first kappa shape index (κ1) is 20.3. The number of amides is 1. The molecular formula is C21H24N2O4S. The minimum atomic E-state index is -3.51. The Bertz CT molecular complexity index is 934. The van der Waals surface area contributed by atoms with E-state index < -0.39 is 10.0 Å². The molecule has 0 aliphatic carbocycles. The molecule has 7 heteroatoms. The van der Waals surface area contributed by atoms with Gasteiger partial charge in [-0.1, -0.05) is 42.5 Å². The predicted molar refractivity (Wildman–Crippen MR) is 109 cm³/mol. The van der Waals surface area contributed by atoms with Crippen molar-refractivity contribution in [1.29, 1.82) is 0 Å². The van der Waals surface area contributed by atoms with Gasteiger partial charge in [0.05, 0.1) is 6.61 Å². The second-order valence-electron chi connectivity index (χ2n) is 6.58. The highest BCUT2D eigenvalue weighted by molar-refractivity contribution is 7.92. The zero-order valence-electron chi connectivity index (χ0n) is 15.8. The number of hydrogen-bond acceptors (Lipinski definition) is 4. The first-order chi connectivity index (χ1) is 13.5. The molecule has 0 atom stereocenters. The molecule has 1 fully saturated rings. The molecule has 2 aromatic carbocycles. The van der Waals surface area contributed by atoms with Gasteiger partial charge >= 0.3 is 0 Å². The van der Waals surface area contributed by atoms with Crippen LogP contribution in [0.15, 0.2) is 60.0 Å². The summed E-state index contributed by atoms with van der Waals surface area (Å²) in [5, 5.41) is 1.23. The summed E-state index contributed by atoms with van der Waals surface area (Å²) in [5.41, 5.74) is 2.35. The Labute approximate surface area is 166 Å². The molecule has 0 N–H and O–H groups in total. The molecule has 148 valence electrons. The molecule has 6 nitrogen and oxygen atoms in total. The maximum Gasteiger partial charge on any atom is 0.253 e. The van der Waals surface area contributed by atoms with Crippen LogP contribution < -0.4 is 0 Å². The third kappa shape index (κ3) is 5.07. The van der Waals surface area contributed by atoms with E-state index >= 15 is 0 Å². The molecule has 1 aliphatic rings. The summed E-state index contributed by atoms with van der Waals surface area (Å²) >= 11 is 0. The Balaban J connectivity index is 1.61. The molecule has 28 heavy (non-hydrogen) atoms. The van der Waals surface area contributed by atoms with Gasteiger partial charge in [-0.2, -0.15) is 4.31 Å². The second kappa shape index (κ2) is 9.14. The van der Waals surface area contributed by atoms with Crippen molar-refractivity contribution in [3.05, 3.63) is 76.7 Å². The molecular weight excluding hydrogens is 376 g/mol. The van der Waals surface area contributed by atoms with Gasteiger partial charge in [-0.05, 0) is 29.3 Å². The molecule has 2 aromatic rings. The van der Waals surface area contributed by atoms with E-state index in [0.717, 1.165) is 11.1 Å². The van der Waals surface area contributed by atoms with Gasteiger partial charge < -0.3 is 9.64 Å². The van der Waals surface area contributed by atoms with Gasteiger partial charge in [-0.15, -0.1) is 0 Å². The van der Waals surface area contributed by atoms with E-state index in [1.807, 2.05) is 48.5 Å². The fraction of sp³-hybridized carbons (Fsp3) is 0.286. The topological polar surface area (TPSA) is 66.9 Å². The lowest BCUT2D eigenvalue weighted by molar-refractivity contribution is 0.0698. The monoisotopic (exact) mass is 400 g/mol. The number of hydrogen-bond donors (Lipinski definition) is 0. The van der Waals surface area contributed by atoms with Gasteiger partial charge in [-0.3, -0.25) is 4.79 Å². The number of carbonyl (C=O) groups excluding carboxylic acids is 1. The lowest BCUT2D eigenvalue weighted by atomic mass is 10.1. The zero-order valence-corrected chi connectivity index (χ0v) is 16.6. The van der Waals surface area contributed by atoms with Gasteiger partial charge in [0, 0.05) is 44.3 Å². The average molecular weight is 401 g/mol. The number of methoxy groups -OCH3 is 1. The van der Waals surface area contributed by atoms with Crippen LogP contribution in [0.25, 0.3) is 6.08 Å². The van der Waals surface area contributed by atoms with Crippen LogP contribution in [0.2, 0.25) is 0 Å². The van der Waals surface area contributed by atoms with Gasteiger partial charge in [0.15, 0.2) is 0 Å². The molecule has 0 unspecified atom stereocenters. The number of carbonyl (C=O) groups is 1. The first-order valence-electron chi connectivity index (χ1n) is 9.10. The number of ether oxygens (including phenoxy) is 1. The van der Waals surface area contributed by atoms with Crippen molar-refractivity contribution in [2.75, 3.05) is 33.3 Å². The maximum atomic E-state index is 12.7. The maximum absolute atomic E-state index is 12.7. The molecule has 0 spiro atoms. The molecule has 0 bridgehead atoms. The summed E-state index contributed by atoms with van der Waals surface area (Å²) in [6, 6.07) is 16.6. The van der Waals surface area contributed by atoms with Crippen LogP contribution in [0.4, 0.5) is 0 Å². The zero-order chi connectivity index (χ0) is 20.0. The van der Waals surface area contributed by atoms with Crippen LogP contribution in [-0.2, 0) is 21.4 Å². The summed E-state index contributed by atoms with van der Waals surface area (Å²) in [4.78, 5) is 14.4. The SMILES string of the molecule is COCc1cccc(C(=O)N2CCN(S(=O)(=O)/C=C/c3ccccc3)CC2)c1. The molecule has 0 saturated carbocycles. The van der Waals surface area contributed by atoms with Crippen molar-refractivity contribution in [2.45, 2.75) is 6.61 Å². The van der Waals surface area contributed by atoms with Gasteiger partial charge in [-0.25, -0.2) is 8.42 Å². The van der Waals surface area contributed by atoms with E-state index in [0.29, 0.717) is 25.3 Å². The summed E-state index contributed by atoms with van der Waals surface area (Å²) in [7, 11) is -1.90. The minimum Gasteiger partial charge on any atom is -0.380 e. The lowest BCUT2D eigenvalue weighted by Crippen LogP contribution is -2.50. The number of benzene rings is 2. The van der Waals surface area contributed by atoms with Crippen LogP contribution in [0, 0.1) is 0 Å². The van der Waals surface area contributed by atoms with Crippen molar-refractivity contribution >= 4 is 22.0 Å². The standard InChI is InChI=1S/C21H24N2O4S/c1-27-17-19-8-5-9-20(16-19)21(24)22-11-13-23(14-12-22)28(25,26)15-10-18-6-3-2-4-7-18/h2-10,15-16H,11-14,17H2,1H3/b15-10+. The third-order valence-corrected chi connectivity index (χ3v) is 6.17. The highest BCUT2D eigenvalue weighted by atomic mass is 32.2. The Hall–Kier alpha value is -2.48. The van der Waals surface area contributed by atoms with Gasteiger partial charge in [0.25, 0.3) is 5.91 Å². The molecule has 3 rings (SSSR count). The average Bonchev–Trinajstić information content (AvgIpc) is 2.73. The highest BCUT2D eigenvalue weighted by Gasteiger charge is 2.27. The number of sulfonamides is 1. The van der Waals surface area contributed by atoms with Crippen LogP contribution in [0.3, 0.4) is 0 Å². The van der Waals surface area contributed by atoms with Crippen molar-refractivity contribution in [2.24, 2.45) is 0 Å². The Morgan fingerprint density at radius 2 is 1.75 bits per heavy atom. The van der Waals surface area contributed by atoms with Crippen molar-refractivity contribution < 1.29 is 17.9 Å². The quantitative estimate of drug-likeness (QED) is 0.748. The molecule has 0 radical (unpaired) electrons. The Kier molecular flexibility index (Phi) is 6.61. The van der Waals surface area contributed by atoms with E-state index in [1.165, 1.54) is 9.71 Å². The summed E-state index contributed by atoms with van der Waals surface area (Å²) in [5.74, 6) is -0.0881. The highest BCUT2D eigenvalue weighted by Crippen LogP contribution is 2.15. The fourth-order valence-electron chi connectivity index (χ4n) is 3.10. The van der Waals surface area contributed by atoms with Crippen molar-refractivity contribution in [3.8, 4) is 0 Å². The fourth-order valence-corrected chi connectivity index (χ4v) is 4.28. The molecule has 0 aromatic heterocycles. The number of nitrogens with zero attached hydrogens (tertiary/aromatic N) is 2. The van der Waals surface area contributed by atoms with E-state index in [4.69, 9.17) is 4.74 Å². The number of piperazine rings is 1. The van der Waals surface area contributed by atoms with E-state index in [2.05, 4.69) is 0 Å². The first-order valence-corrected chi connectivity index (χ1v) is 10.6. The smallest absolute Gasteiger partial charge is 0.253 e. The molecule has 1 heterocycles.